The second kappa shape index (κ2) is 9.12. The van der Waals surface area contributed by atoms with Gasteiger partial charge in [0.2, 0.25) is 0 Å². The highest BCUT2D eigenvalue weighted by Crippen LogP contribution is 2.28. The summed E-state index contributed by atoms with van der Waals surface area (Å²) >= 11 is 0. The van der Waals surface area contributed by atoms with Crippen LogP contribution in [0.2, 0.25) is 0 Å². The number of hydrogen-bond donors (Lipinski definition) is 2. The first-order valence-electron chi connectivity index (χ1n) is 10.7. The summed E-state index contributed by atoms with van der Waals surface area (Å²) in [6.07, 6.45) is 0. The predicted molar refractivity (Wildman–Crippen MR) is 130 cm³/mol. The van der Waals surface area contributed by atoms with Crippen molar-refractivity contribution in [1.82, 2.24) is 5.32 Å². The molecule has 0 aliphatic carbocycles. The Kier molecular flexibility index (Phi) is 6.09. The van der Waals surface area contributed by atoms with Crippen molar-refractivity contribution in [3.8, 4) is 11.3 Å². The molecule has 6 heteroatoms. The highest BCUT2D eigenvalue weighted by Gasteiger charge is 2.20. The molecule has 0 bridgehead atoms. The number of rotatable bonds is 5. The number of carbonyl (C=O) groups is 2. The number of amides is 2. The van der Waals surface area contributed by atoms with Gasteiger partial charge in [-0.25, -0.2) is 0 Å². The SMILES string of the molecule is Cc1c(-c2ccccc2)oc2c(C(=O)Nc3ccccc3C(=O)NC(C)C)cccc2c1=O. The number of carbonyl (C=O) groups excluding carboxylic acids is 2. The zero-order chi connectivity index (χ0) is 23.5. The summed E-state index contributed by atoms with van der Waals surface area (Å²) in [5.74, 6) is -0.339. The van der Waals surface area contributed by atoms with Crippen molar-refractivity contribution in [2.45, 2.75) is 26.8 Å². The van der Waals surface area contributed by atoms with E-state index in [-0.39, 0.29) is 28.5 Å². The number of fused-ring (bicyclic) bond motifs is 1. The van der Waals surface area contributed by atoms with E-state index in [1.165, 1.54) is 0 Å². The van der Waals surface area contributed by atoms with Gasteiger partial charge < -0.3 is 15.1 Å². The Morgan fingerprint density at radius 3 is 2.21 bits per heavy atom. The molecule has 2 amide bonds. The van der Waals surface area contributed by atoms with E-state index >= 15 is 0 Å². The van der Waals surface area contributed by atoms with E-state index in [0.29, 0.717) is 28.0 Å². The van der Waals surface area contributed by atoms with E-state index < -0.39 is 5.91 Å². The van der Waals surface area contributed by atoms with Crippen molar-refractivity contribution in [3.63, 3.8) is 0 Å². The van der Waals surface area contributed by atoms with Crippen molar-refractivity contribution in [2.24, 2.45) is 0 Å². The summed E-state index contributed by atoms with van der Waals surface area (Å²) in [6, 6.07) is 20.9. The molecule has 33 heavy (non-hydrogen) atoms. The fraction of sp³-hybridized carbons (Fsp3) is 0.148. The van der Waals surface area contributed by atoms with Crippen molar-refractivity contribution >= 4 is 28.5 Å². The molecule has 0 atom stereocenters. The lowest BCUT2D eigenvalue weighted by atomic mass is 10.0. The second-order valence-electron chi connectivity index (χ2n) is 8.06. The molecule has 1 aromatic heterocycles. The van der Waals surface area contributed by atoms with Crippen LogP contribution in [0.4, 0.5) is 5.69 Å². The molecule has 2 N–H and O–H groups in total. The van der Waals surface area contributed by atoms with Crippen molar-refractivity contribution in [2.75, 3.05) is 5.32 Å². The minimum atomic E-state index is -0.476. The molecule has 4 aromatic rings. The van der Waals surface area contributed by atoms with Crippen LogP contribution in [-0.4, -0.2) is 17.9 Å². The van der Waals surface area contributed by atoms with Gasteiger partial charge in [-0.3, -0.25) is 14.4 Å². The molecular weight excluding hydrogens is 416 g/mol. The molecule has 0 unspecified atom stereocenters. The van der Waals surface area contributed by atoms with Crippen LogP contribution in [0.15, 0.2) is 82.0 Å². The van der Waals surface area contributed by atoms with Crippen LogP contribution in [0.1, 0.15) is 40.1 Å². The third-order valence-electron chi connectivity index (χ3n) is 5.27. The van der Waals surface area contributed by atoms with Gasteiger partial charge in [-0.15, -0.1) is 0 Å². The second-order valence-corrected chi connectivity index (χ2v) is 8.06. The van der Waals surface area contributed by atoms with Gasteiger partial charge in [-0.05, 0) is 45.0 Å². The fourth-order valence-corrected chi connectivity index (χ4v) is 3.67. The molecule has 0 radical (unpaired) electrons. The van der Waals surface area contributed by atoms with Crippen molar-refractivity contribution in [3.05, 3.63) is 99.7 Å². The number of nitrogens with one attached hydrogen (secondary N) is 2. The Morgan fingerprint density at radius 1 is 0.818 bits per heavy atom. The fourth-order valence-electron chi connectivity index (χ4n) is 3.67. The first-order valence-corrected chi connectivity index (χ1v) is 10.7. The van der Waals surface area contributed by atoms with Crippen LogP contribution in [0.3, 0.4) is 0 Å². The summed E-state index contributed by atoms with van der Waals surface area (Å²) in [6.45, 7) is 5.44. The molecule has 0 fully saturated rings. The Labute approximate surface area is 191 Å². The van der Waals surface area contributed by atoms with E-state index in [9.17, 15) is 14.4 Å². The number of hydrogen-bond acceptors (Lipinski definition) is 4. The van der Waals surface area contributed by atoms with Gasteiger partial charge >= 0.3 is 0 Å². The zero-order valence-electron chi connectivity index (χ0n) is 18.6. The molecule has 6 nitrogen and oxygen atoms in total. The maximum absolute atomic E-state index is 13.3. The summed E-state index contributed by atoms with van der Waals surface area (Å²) in [4.78, 5) is 38.9. The predicted octanol–water partition coefficient (Wildman–Crippen LogP) is 5.16. The van der Waals surface area contributed by atoms with Crippen molar-refractivity contribution < 1.29 is 14.0 Å². The third kappa shape index (κ3) is 4.41. The molecule has 0 saturated carbocycles. The summed E-state index contributed by atoms with van der Waals surface area (Å²) in [5, 5.41) is 5.96. The lowest BCUT2D eigenvalue weighted by Crippen LogP contribution is -2.31. The molecular formula is C27H24N2O4. The van der Waals surface area contributed by atoms with Crippen LogP contribution >= 0.6 is 0 Å². The molecule has 0 spiro atoms. The quantitative estimate of drug-likeness (QED) is 0.449. The van der Waals surface area contributed by atoms with Crippen LogP contribution in [0.25, 0.3) is 22.3 Å². The molecule has 0 saturated heterocycles. The van der Waals surface area contributed by atoms with Crippen LogP contribution in [0, 0.1) is 6.92 Å². The normalized spacial score (nSPS) is 10.9. The largest absolute Gasteiger partial charge is 0.455 e. The van der Waals surface area contributed by atoms with Crippen LogP contribution in [0.5, 0.6) is 0 Å². The van der Waals surface area contributed by atoms with Gasteiger partial charge in [-0.2, -0.15) is 0 Å². The Balaban J connectivity index is 1.79. The summed E-state index contributed by atoms with van der Waals surface area (Å²) in [7, 11) is 0. The first-order chi connectivity index (χ1) is 15.9. The van der Waals surface area contributed by atoms with E-state index in [1.54, 1.807) is 49.4 Å². The van der Waals surface area contributed by atoms with Gasteiger partial charge in [0.1, 0.15) is 5.76 Å². The van der Waals surface area contributed by atoms with Gasteiger partial charge in [0.15, 0.2) is 11.0 Å². The molecule has 166 valence electrons. The molecule has 0 aliphatic heterocycles. The standard InChI is InChI=1S/C27H24N2O4/c1-16(2)28-26(31)19-12-7-8-15-22(19)29-27(32)21-14-9-13-20-23(30)17(3)24(33-25(20)21)18-10-5-4-6-11-18/h4-16H,1-3H3,(H,28,31)(H,29,32). The van der Waals surface area contributed by atoms with Gasteiger partial charge in [-0.1, -0.05) is 48.5 Å². The number of benzene rings is 3. The lowest BCUT2D eigenvalue weighted by molar-refractivity contribution is 0.0944. The van der Waals surface area contributed by atoms with E-state index in [2.05, 4.69) is 10.6 Å². The van der Waals surface area contributed by atoms with Gasteiger partial charge in [0.05, 0.1) is 22.2 Å². The molecule has 4 rings (SSSR count). The Morgan fingerprint density at radius 2 is 1.48 bits per heavy atom. The van der Waals surface area contributed by atoms with E-state index in [1.807, 2.05) is 44.2 Å². The topological polar surface area (TPSA) is 88.4 Å². The average Bonchev–Trinajstić information content (AvgIpc) is 2.81. The number of para-hydroxylation sites is 2. The van der Waals surface area contributed by atoms with Gasteiger partial charge in [0, 0.05) is 17.2 Å². The van der Waals surface area contributed by atoms with E-state index in [4.69, 9.17) is 4.42 Å². The first kappa shape index (κ1) is 22.0. The maximum atomic E-state index is 13.3. The molecule has 0 aliphatic rings. The molecule has 3 aromatic carbocycles. The average molecular weight is 440 g/mol. The molecule has 1 heterocycles. The summed E-state index contributed by atoms with van der Waals surface area (Å²) < 4.78 is 6.14. The minimum absolute atomic E-state index is 0.0479. The van der Waals surface area contributed by atoms with Crippen molar-refractivity contribution in [1.29, 1.82) is 0 Å². The third-order valence-corrected chi connectivity index (χ3v) is 5.27. The Hall–Kier alpha value is -4.19. The maximum Gasteiger partial charge on any atom is 0.259 e. The monoisotopic (exact) mass is 440 g/mol. The van der Waals surface area contributed by atoms with E-state index in [0.717, 1.165) is 5.56 Å². The smallest absolute Gasteiger partial charge is 0.259 e. The minimum Gasteiger partial charge on any atom is -0.455 e. The Bertz CT molecular complexity index is 1410. The van der Waals surface area contributed by atoms with Crippen LogP contribution < -0.4 is 16.1 Å². The number of anilines is 1. The summed E-state index contributed by atoms with van der Waals surface area (Å²) in [5.41, 5.74) is 2.16. The van der Waals surface area contributed by atoms with Gasteiger partial charge in [0.25, 0.3) is 11.8 Å². The lowest BCUT2D eigenvalue weighted by Gasteiger charge is -2.14. The highest BCUT2D eigenvalue weighted by molar-refractivity contribution is 6.13. The van der Waals surface area contributed by atoms with Crippen LogP contribution in [-0.2, 0) is 0 Å². The zero-order valence-corrected chi connectivity index (χ0v) is 18.6. The highest BCUT2D eigenvalue weighted by atomic mass is 16.3.